The Morgan fingerprint density at radius 2 is 2.22 bits per heavy atom. The van der Waals surface area contributed by atoms with Gasteiger partial charge in [-0.1, -0.05) is 13.8 Å². The Bertz CT molecular complexity index is 95.0. The minimum atomic E-state index is -1.83. The second-order valence-corrected chi connectivity index (χ2v) is 3.11. The first-order chi connectivity index (χ1) is 4.13. The van der Waals surface area contributed by atoms with Gasteiger partial charge in [-0.15, -0.1) is 0 Å². The first kappa shape index (κ1) is 9.07. The smallest absolute Gasteiger partial charge is 0.231 e. The third kappa shape index (κ3) is 8.07. The van der Waals surface area contributed by atoms with Gasteiger partial charge in [0.25, 0.3) is 0 Å². The molecule has 0 bridgehead atoms. The molecule has 1 unspecified atom stereocenters. The van der Waals surface area contributed by atoms with Crippen molar-refractivity contribution in [2.24, 2.45) is 5.92 Å². The van der Waals surface area contributed by atoms with Gasteiger partial charge in [0.05, 0.1) is 0 Å². The Morgan fingerprint density at radius 3 is 2.56 bits per heavy atom. The van der Waals surface area contributed by atoms with Gasteiger partial charge in [0.2, 0.25) is 11.3 Å². The van der Waals surface area contributed by atoms with Gasteiger partial charge in [-0.25, -0.2) is 8.93 Å². The number of hydrogen-bond donors (Lipinski definition) is 2. The van der Waals surface area contributed by atoms with Crippen LogP contribution in [0.25, 0.3) is 0 Å². The zero-order chi connectivity index (χ0) is 7.28. The summed E-state index contributed by atoms with van der Waals surface area (Å²) in [6, 6.07) is 0. The van der Waals surface area contributed by atoms with Crippen molar-refractivity contribution in [3.05, 3.63) is 0 Å². The molecule has 0 saturated carbocycles. The lowest BCUT2D eigenvalue weighted by atomic mass is 10.1. The molecule has 56 valence electrons. The molecule has 0 aromatic rings. The zero-order valence-electron chi connectivity index (χ0n) is 5.76. The van der Waals surface area contributed by atoms with Crippen LogP contribution in [0.5, 0.6) is 0 Å². The summed E-state index contributed by atoms with van der Waals surface area (Å²) < 4.78 is 20.6. The summed E-state index contributed by atoms with van der Waals surface area (Å²) in [7, 11) is 0. The summed E-state index contributed by atoms with van der Waals surface area (Å²) in [6.45, 7) is 4.75. The molecule has 0 aromatic heterocycles. The second-order valence-electron chi connectivity index (χ2n) is 2.33. The van der Waals surface area contributed by atoms with Crippen LogP contribution in [0.4, 0.5) is 0 Å². The van der Waals surface area contributed by atoms with E-state index < -0.39 is 11.3 Å². The Morgan fingerprint density at radius 1 is 1.67 bits per heavy atom. The van der Waals surface area contributed by atoms with E-state index in [1.807, 2.05) is 0 Å². The highest BCUT2D eigenvalue weighted by atomic mass is 32.2. The molecule has 0 radical (unpaired) electrons. The summed E-state index contributed by atoms with van der Waals surface area (Å²) >= 11 is -1.83. The minimum Gasteiger partial charge on any atom is -0.294 e. The predicted octanol–water partition coefficient (Wildman–Crippen LogP) is 0.759. The maximum atomic E-state index is 9.98. The molecule has 0 amide bonds. The average Bonchev–Trinajstić information content (AvgIpc) is 1.63. The van der Waals surface area contributed by atoms with E-state index >= 15 is 0 Å². The third-order valence-corrected chi connectivity index (χ3v) is 1.40. The van der Waals surface area contributed by atoms with E-state index in [4.69, 9.17) is 4.55 Å². The van der Waals surface area contributed by atoms with Crippen LogP contribution in [0, 0.1) is 5.92 Å². The summed E-state index contributed by atoms with van der Waals surface area (Å²) in [4.78, 5) is 0. The van der Waals surface area contributed by atoms with Crippen LogP contribution in [-0.4, -0.2) is 15.3 Å². The molecule has 0 heterocycles. The lowest BCUT2D eigenvalue weighted by molar-refractivity contribution is 0.530. The molecular formula is C5H13NO2S. The lowest BCUT2D eigenvalue weighted by Crippen LogP contribution is -2.18. The van der Waals surface area contributed by atoms with Crippen LogP contribution in [-0.2, 0) is 11.3 Å². The molecule has 4 heteroatoms. The molecule has 0 aromatic carbocycles. The molecular weight excluding hydrogens is 138 g/mol. The van der Waals surface area contributed by atoms with Crippen molar-refractivity contribution in [1.82, 2.24) is 4.72 Å². The van der Waals surface area contributed by atoms with Gasteiger partial charge >= 0.3 is 0 Å². The van der Waals surface area contributed by atoms with Crippen LogP contribution in [0.2, 0.25) is 0 Å². The van der Waals surface area contributed by atoms with Crippen molar-refractivity contribution in [2.75, 3.05) is 6.54 Å². The van der Waals surface area contributed by atoms with Gasteiger partial charge < -0.3 is 0 Å². The monoisotopic (exact) mass is 151 g/mol. The Labute approximate surface area is 58.3 Å². The van der Waals surface area contributed by atoms with Crippen molar-refractivity contribution in [2.45, 2.75) is 20.3 Å². The fourth-order valence-electron chi connectivity index (χ4n) is 0.435. The molecule has 0 fully saturated rings. The SMILES string of the molecule is CC(C)CCNS(=O)O. The van der Waals surface area contributed by atoms with Gasteiger partial charge in [-0.2, -0.15) is 0 Å². The first-order valence-electron chi connectivity index (χ1n) is 2.97. The van der Waals surface area contributed by atoms with Gasteiger partial charge in [-0.3, -0.25) is 4.55 Å². The van der Waals surface area contributed by atoms with Crippen molar-refractivity contribution in [1.29, 1.82) is 0 Å². The standard InChI is InChI=1S/C5H13NO2S/c1-5(2)3-4-6-9(7)8/h5-6H,3-4H2,1-2H3,(H,7,8). The van der Waals surface area contributed by atoms with E-state index in [9.17, 15) is 4.21 Å². The van der Waals surface area contributed by atoms with E-state index in [1.54, 1.807) is 0 Å². The highest BCUT2D eigenvalue weighted by molar-refractivity contribution is 7.77. The average molecular weight is 151 g/mol. The topological polar surface area (TPSA) is 49.3 Å². The van der Waals surface area contributed by atoms with E-state index in [1.165, 1.54) is 0 Å². The molecule has 0 spiro atoms. The third-order valence-electron chi connectivity index (χ3n) is 0.947. The summed E-state index contributed by atoms with van der Waals surface area (Å²) in [6.07, 6.45) is 0.937. The maximum Gasteiger partial charge on any atom is 0.231 e. The van der Waals surface area contributed by atoms with E-state index in [2.05, 4.69) is 18.6 Å². The Balaban J connectivity index is 3.01. The van der Waals surface area contributed by atoms with Gasteiger partial charge in [0, 0.05) is 6.54 Å². The molecule has 0 aliphatic heterocycles. The predicted molar refractivity (Wildman–Crippen MR) is 38.2 cm³/mol. The van der Waals surface area contributed by atoms with Gasteiger partial charge in [-0.05, 0) is 12.3 Å². The van der Waals surface area contributed by atoms with Crippen LogP contribution in [0.1, 0.15) is 20.3 Å². The highest BCUT2D eigenvalue weighted by Gasteiger charge is 1.94. The van der Waals surface area contributed by atoms with Gasteiger partial charge in [0.1, 0.15) is 0 Å². The fraction of sp³-hybridized carbons (Fsp3) is 1.00. The second kappa shape index (κ2) is 4.90. The van der Waals surface area contributed by atoms with Crippen LogP contribution in [0.15, 0.2) is 0 Å². The van der Waals surface area contributed by atoms with Gasteiger partial charge in [0.15, 0.2) is 0 Å². The molecule has 0 aliphatic rings. The Hall–Kier alpha value is 0.0700. The van der Waals surface area contributed by atoms with Crippen LogP contribution < -0.4 is 4.72 Å². The molecule has 9 heavy (non-hydrogen) atoms. The van der Waals surface area contributed by atoms with Crippen molar-refractivity contribution in [3.8, 4) is 0 Å². The van der Waals surface area contributed by atoms with Crippen molar-refractivity contribution >= 4 is 11.3 Å². The normalized spacial score (nSPS) is 14.2. The number of rotatable bonds is 4. The molecule has 0 aliphatic carbocycles. The molecule has 3 nitrogen and oxygen atoms in total. The number of nitrogens with one attached hydrogen (secondary N) is 1. The maximum absolute atomic E-state index is 9.98. The summed E-state index contributed by atoms with van der Waals surface area (Å²) in [5, 5.41) is 0. The summed E-state index contributed by atoms with van der Waals surface area (Å²) in [5.74, 6) is 0.584. The molecule has 1 atom stereocenters. The van der Waals surface area contributed by atoms with Crippen LogP contribution >= 0.6 is 0 Å². The fourth-order valence-corrected chi connectivity index (χ4v) is 0.727. The van der Waals surface area contributed by atoms with Crippen molar-refractivity contribution < 1.29 is 8.76 Å². The minimum absolute atomic E-state index is 0.584. The molecule has 2 N–H and O–H groups in total. The highest BCUT2D eigenvalue weighted by Crippen LogP contribution is 1.95. The largest absolute Gasteiger partial charge is 0.294 e. The van der Waals surface area contributed by atoms with Crippen molar-refractivity contribution in [3.63, 3.8) is 0 Å². The quantitative estimate of drug-likeness (QED) is 0.583. The molecule has 0 saturated heterocycles. The number of hydrogen-bond acceptors (Lipinski definition) is 1. The molecule has 0 rings (SSSR count). The Kier molecular flexibility index (Phi) is 4.94. The van der Waals surface area contributed by atoms with E-state index in [0.29, 0.717) is 12.5 Å². The van der Waals surface area contributed by atoms with E-state index in [0.717, 1.165) is 6.42 Å². The van der Waals surface area contributed by atoms with Crippen LogP contribution in [0.3, 0.4) is 0 Å². The lowest BCUT2D eigenvalue weighted by Gasteiger charge is -2.01. The summed E-state index contributed by atoms with van der Waals surface area (Å²) in [5.41, 5.74) is 0. The van der Waals surface area contributed by atoms with E-state index in [-0.39, 0.29) is 0 Å². The zero-order valence-corrected chi connectivity index (χ0v) is 6.57. The first-order valence-corrected chi connectivity index (χ1v) is 4.08.